The quantitative estimate of drug-likeness (QED) is 0.867. The van der Waals surface area contributed by atoms with Gasteiger partial charge in [0.2, 0.25) is 0 Å². The highest BCUT2D eigenvalue weighted by molar-refractivity contribution is 5.48. The van der Waals surface area contributed by atoms with Crippen LogP contribution in [0, 0.1) is 11.7 Å². The highest BCUT2D eigenvalue weighted by Gasteiger charge is 2.16. The van der Waals surface area contributed by atoms with Gasteiger partial charge in [0.25, 0.3) is 0 Å². The lowest BCUT2D eigenvalue weighted by molar-refractivity contribution is 0.0685. The summed E-state index contributed by atoms with van der Waals surface area (Å²) in [6, 6.07) is 5.30. The lowest BCUT2D eigenvalue weighted by Gasteiger charge is -2.28. The van der Waals surface area contributed by atoms with Crippen LogP contribution in [0.3, 0.4) is 0 Å². The highest BCUT2D eigenvalue weighted by Crippen LogP contribution is 2.22. The first-order valence-electron chi connectivity index (χ1n) is 7.48. The van der Waals surface area contributed by atoms with Crippen LogP contribution < -0.4 is 10.2 Å². The fourth-order valence-corrected chi connectivity index (χ4v) is 2.65. The Kier molecular flexibility index (Phi) is 5.80. The second-order valence-corrected chi connectivity index (χ2v) is 5.53. The molecule has 0 spiro atoms. The second-order valence-electron chi connectivity index (χ2n) is 5.53. The summed E-state index contributed by atoms with van der Waals surface area (Å²) in [7, 11) is 2.04. The Balaban J connectivity index is 2.00. The molecule has 1 aromatic carbocycles. The molecule has 0 unspecified atom stereocenters. The predicted molar refractivity (Wildman–Crippen MR) is 80.6 cm³/mol. The van der Waals surface area contributed by atoms with Crippen molar-refractivity contribution in [3.63, 3.8) is 0 Å². The normalized spacial score (nSPS) is 16.4. The minimum atomic E-state index is -0.158. The van der Waals surface area contributed by atoms with Crippen LogP contribution in [0.2, 0.25) is 0 Å². The standard InChI is InChI=1S/C16H25FN2O/c1-3-18-11-14-8-15(17)10-16(9-14)19(2)12-13-4-6-20-7-5-13/h8-10,13,18H,3-7,11-12H2,1-2H3. The Morgan fingerprint density at radius 2 is 2.05 bits per heavy atom. The maximum atomic E-state index is 13.7. The molecular weight excluding hydrogens is 255 g/mol. The van der Waals surface area contributed by atoms with Gasteiger partial charge in [-0.15, -0.1) is 0 Å². The van der Waals surface area contributed by atoms with Crippen LogP contribution >= 0.6 is 0 Å². The van der Waals surface area contributed by atoms with Crippen molar-refractivity contribution in [3.05, 3.63) is 29.6 Å². The summed E-state index contributed by atoms with van der Waals surface area (Å²) in [5.74, 6) is 0.489. The maximum absolute atomic E-state index is 13.7. The molecule has 1 aliphatic rings. The minimum absolute atomic E-state index is 0.158. The molecule has 0 saturated carbocycles. The zero-order valence-corrected chi connectivity index (χ0v) is 12.5. The van der Waals surface area contributed by atoms with Crippen molar-refractivity contribution in [1.82, 2.24) is 5.32 Å². The van der Waals surface area contributed by atoms with Crippen LogP contribution in [0.25, 0.3) is 0 Å². The van der Waals surface area contributed by atoms with Crippen molar-refractivity contribution in [2.75, 3.05) is 38.3 Å². The number of halogens is 1. The molecule has 112 valence electrons. The lowest BCUT2D eigenvalue weighted by atomic mass is 9.99. The summed E-state index contributed by atoms with van der Waals surface area (Å²) in [5.41, 5.74) is 1.96. The van der Waals surface area contributed by atoms with Gasteiger partial charge in [-0.05, 0) is 49.1 Å². The molecule has 0 bridgehead atoms. The summed E-state index contributed by atoms with van der Waals surface area (Å²) in [6.45, 7) is 6.34. The van der Waals surface area contributed by atoms with E-state index < -0.39 is 0 Å². The third kappa shape index (κ3) is 4.46. The molecule has 1 aliphatic heterocycles. The number of rotatable bonds is 6. The molecule has 1 N–H and O–H groups in total. The summed E-state index contributed by atoms with van der Waals surface area (Å²) in [6.07, 6.45) is 2.20. The maximum Gasteiger partial charge on any atom is 0.125 e. The molecule has 1 aromatic rings. The molecule has 1 saturated heterocycles. The van der Waals surface area contributed by atoms with E-state index in [0.717, 1.165) is 50.4 Å². The minimum Gasteiger partial charge on any atom is -0.381 e. The molecule has 3 nitrogen and oxygen atoms in total. The van der Waals surface area contributed by atoms with E-state index in [2.05, 4.69) is 23.2 Å². The van der Waals surface area contributed by atoms with E-state index in [1.807, 2.05) is 7.05 Å². The molecule has 0 aliphatic carbocycles. The number of nitrogens with zero attached hydrogens (tertiary/aromatic N) is 1. The predicted octanol–water partition coefficient (Wildman–Crippen LogP) is 2.80. The first kappa shape index (κ1) is 15.3. The van der Waals surface area contributed by atoms with E-state index in [0.29, 0.717) is 12.5 Å². The van der Waals surface area contributed by atoms with Crippen molar-refractivity contribution in [2.45, 2.75) is 26.3 Å². The van der Waals surface area contributed by atoms with Crippen LogP contribution in [0.1, 0.15) is 25.3 Å². The summed E-state index contributed by atoms with van der Waals surface area (Å²) in [5, 5.41) is 3.24. The number of anilines is 1. The van der Waals surface area contributed by atoms with Crippen molar-refractivity contribution in [1.29, 1.82) is 0 Å². The van der Waals surface area contributed by atoms with Crippen LogP contribution in [0.5, 0.6) is 0 Å². The van der Waals surface area contributed by atoms with Gasteiger partial charge in [-0.2, -0.15) is 0 Å². The smallest absolute Gasteiger partial charge is 0.125 e. The van der Waals surface area contributed by atoms with Gasteiger partial charge in [0, 0.05) is 39.0 Å². The molecule has 1 fully saturated rings. The molecule has 2 rings (SSSR count). The Morgan fingerprint density at radius 3 is 2.75 bits per heavy atom. The molecule has 0 aromatic heterocycles. The fraction of sp³-hybridized carbons (Fsp3) is 0.625. The van der Waals surface area contributed by atoms with Gasteiger partial charge >= 0.3 is 0 Å². The third-order valence-corrected chi connectivity index (χ3v) is 3.84. The monoisotopic (exact) mass is 280 g/mol. The van der Waals surface area contributed by atoms with Crippen molar-refractivity contribution in [2.24, 2.45) is 5.92 Å². The highest BCUT2D eigenvalue weighted by atomic mass is 19.1. The van der Waals surface area contributed by atoms with E-state index in [1.165, 1.54) is 0 Å². The first-order chi connectivity index (χ1) is 9.69. The number of hydrogen-bond acceptors (Lipinski definition) is 3. The van der Waals surface area contributed by atoms with E-state index in [4.69, 9.17) is 4.74 Å². The summed E-state index contributed by atoms with van der Waals surface area (Å²) >= 11 is 0. The molecule has 0 amide bonds. The van der Waals surface area contributed by atoms with Crippen LogP contribution in [0.15, 0.2) is 18.2 Å². The number of nitrogens with one attached hydrogen (secondary N) is 1. The lowest BCUT2D eigenvalue weighted by Crippen LogP contribution is -2.29. The van der Waals surface area contributed by atoms with Gasteiger partial charge in [0.15, 0.2) is 0 Å². The van der Waals surface area contributed by atoms with Gasteiger partial charge < -0.3 is 15.0 Å². The second kappa shape index (κ2) is 7.60. The SMILES string of the molecule is CCNCc1cc(F)cc(N(C)CC2CCOCC2)c1. The largest absolute Gasteiger partial charge is 0.381 e. The molecule has 0 radical (unpaired) electrons. The van der Waals surface area contributed by atoms with Gasteiger partial charge in [-0.3, -0.25) is 0 Å². The molecular formula is C16H25FN2O. The van der Waals surface area contributed by atoms with Crippen LogP contribution in [0.4, 0.5) is 10.1 Å². The van der Waals surface area contributed by atoms with E-state index in [9.17, 15) is 4.39 Å². The first-order valence-corrected chi connectivity index (χ1v) is 7.48. The van der Waals surface area contributed by atoms with Crippen LogP contribution in [-0.4, -0.2) is 33.4 Å². The summed E-state index contributed by atoms with van der Waals surface area (Å²) < 4.78 is 19.1. The molecule has 0 atom stereocenters. The van der Waals surface area contributed by atoms with E-state index in [-0.39, 0.29) is 5.82 Å². The zero-order valence-electron chi connectivity index (χ0n) is 12.5. The molecule has 4 heteroatoms. The number of ether oxygens (including phenoxy) is 1. The van der Waals surface area contributed by atoms with Crippen molar-refractivity contribution in [3.8, 4) is 0 Å². The van der Waals surface area contributed by atoms with Crippen molar-refractivity contribution >= 4 is 5.69 Å². The average Bonchev–Trinajstić information content (AvgIpc) is 2.45. The van der Waals surface area contributed by atoms with E-state index >= 15 is 0 Å². The van der Waals surface area contributed by atoms with Gasteiger partial charge in [-0.1, -0.05) is 6.92 Å². The van der Waals surface area contributed by atoms with E-state index in [1.54, 1.807) is 12.1 Å². The molecule has 20 heavy (non-hydrogen) atoms. The fourth-order valence-electron chi connectivity index (χ4n) is 2.65. The van der Waals surface area contributed by atoms with Gasteiger partial charge in [0.1, 0.15) is 5.82 Å². The average molecular weight is 280 g/mol. The van der Waals surface area contributed by atoms with Crippen LogP contribution in [-0.2, 0) is 11.3 Å². The van der Waals surface area contributed by atoms with Gasteiger partial charge in [-0.25, -0.2) is 4.39 Å². The Bertz CT molecular complexity index is 419. The van der Waals surface area contributed by atoms with Gasteiger partial charge in [0.05, 0.1) is 0 Å². The Labute approximate surface area is 121 Å². The Morgan fingerprint density at radius 1 is 1.30 bits per heavy atom. The number of hydrogen-bond donors (Lipinski definition) is 1. The van der Waals surface area contributed by atoms with Crippen molar-refractivity contribution < 1.29 is 9.13 Å². The number of benzene rings is 1. The topological polar surface area (TPSA) is 24.5 Å². The Hall–Kier alpha value is -1.13. The summed E-state index contributed by atoms with van der Waals surface area (Å²) in [4.78, 5) is 2.16. The molecule has 1 heterocycles. The zero-order chi connectivity index (χ0) is 14.4. The third-order valence-electron chi connectivity index (χ3n) is 3.84.